The van der Waals surface area contributed by atoms with Crippen molar-refractivity contribution in [3.05, 3.63) is 107 Å². The summed E-state index contributed by atoms with van der Waals surface area (Å²) >= 11 is 0. The molecule has 0 spiro atoms. The first-order valence-electron chi connectivity index (χ1n) is 12.4. The van der Waals surface area contributed by atoms with Crippen molar-refractivity contribution >= 4 is 39.0 Å². The van der Waals surface area contributed by atoms with Gasteiger partial charge in [-0.15, -0.1) is 0 Å². The smallest absolute Gasteiger partial charge is 0.303 e. The van der Waals surface area contributed by atoms with Gasteiger partial charge in [-0.1, -0.05) is 30.0 Å². The SMILES string of the molecule is C=S(=O)(NC(=O)c1cncc(C#Cc2cccc(NC(=O)c3cc(C)nn3C)c2)c1)c1ccc(CCC(=O)O)cc1. The van der Waals surface area contributed by atoms with E-state index in [1.165, 1.54) is 23.1 Å². The van der Waals surface area contributed by atoms with Crippen molar-refractivity contribution in [2.75, 3.05) is 5.32 Å². The Morgan fingerprint density at radius 2 is 1.73 bits per heavy atom. The lowest BCUT2D eigenvalue weighted by atomic mass is 10.1. The highest BCUT2D eigenvalue weighted by Crippen LogP contribution is 2.15. The van der Waals surface area contributed by atoms with Gasteiger partial charge in [-0.25, -0.2) is 4.21 Å². The molecule has 0 saturated heterocycles. The molecule has 0 bridgehead atoms. The van der Waals surface area contributed by atoms with Crippen molar-refractivity contribution in [2.24, 2.45) is 7.05 Å². The Bertz CT molecular complexity index is 1800. The monoisotopic (exact) mass is 569 g/mol. The number of pyridine rings is 1. The molecule has 3 N–H and O–H groups in total. The predicted molar refractivity (Wildman–Crippen MR) is 156 cm³/mol. The number of carbonyl (C=O) groups excluding carboxylic acids is 2. The van der Waals surface area contributed by atoms with Crippen LogP contribution in [-0.4, -0.2) is 47.7 Å². The molecule has 2 heterocycles. The van der Waals surface area contributed by atoms with E-state index in [0.717, 1.165) is 11.3 Å². The highest BCUT2D eigenvalue weighted by atomic mass is 32.2. The summed E-state index contributed by atoms with van der Waals surface area (Å²) < 4.78 is 17.1. The first kappa shape index (κ1) is 28.8. The quantitative estimate of drug-likeness (QED) is 0.218. The molecule has 1 atom stereocenters. The zero-order valence-corrected chi connectivity index (χ0v) is 23.2. The van der Waals surface area contributed by atoms with Gasteiger partial charge in [0.2, 0.25) is 0 Å². The van der Waals surface area contributed by atoms with E-state index in [-0.39, 0.29) is 17.9 Å². The molecule has 2 aromatic heterocycles. The number of amides is 2. The Kier molecular flexibility index (Phi) is 8.65. The number of anilines is 1. The zero-order chi connectivity index (χ0) is 29.6. The lowest BCUT2D eigenvalue weighted by Crippen LogP contribution is -2.30. The molecule has 4 aromatic rings. The fourth-order valence-electron chi connectivity index (χ4n) is 3.86. The standard InChI is InChI=1S/C30H27N5O5S/c1-20-15-27(35(2)33-20)30(39)32-25-6-4-5-22(17-25)7-8-23-16-24(19-31-18-23)29(38)34-41(3,40)26-12-9-21(10-13-26)11-14-28(36)37/h4-6,9-10,12-13,15-19H,3,11,14H2,1-2H3,(H,32,39)(H,36,37)(H,34,38,40). The number of aliphatic carboxylic acids is 1. The van der Waals surface area contributed by atoms with Crippen molar-refractivity contribution in [3.8, 4) is 11.8 Å². The summed E-state index contributed by atoms with van der Waals surface area (Å²) in [5.74, 6) is 7.80. The molecular weight excluding hydrogens is 542 g/mol. The number of aryl methyl sites for hydroxylation is 3. The van der Waals surface area contributed by atoms with Crippen LogP contribution in [-0.2, 0) is 28.0 Å². The summed E-state index contributed by atoms with van der Waals surface area (Å²) in [5, 5.41) is 15.8. The van der Waals surface area contributed by atoms with E-state index in [1.807, 2.05) is 6.92 Å². The van der Waals surface area contributed by atoms with Gasteiger partial charge in [-0.2, -0.15) is 5.10 Å². The molecule has 0 fully saturated rings. The van der Waals surface area contributed by atoms with Crippen LogP contribution in [0.1, 0.15) is 49.7 Å². The third-order valence-corrected chi connectivity index (χ3v) is 7.44. The molecule has 0 saturated carbocycles. The van der Waals surface area contributed by atoms with E-state index in [1.54, 1.807) is 61.6 Å². The van der Waals surface area contributed by atoms with Crippen LogP contribution in [0, 0.1) is 18.8 Å². The van der Waals surface area contributed by atoms with Crippen molar-refractivity contribution in [2.45, 2.75) is 24.7 Å². The normalized spacial score (nSPS) is 12.0. The average molecular weight is 570 g/mol. The molecule has 4 rings (SSSR count). The third-order valence-electron chi connectivity index (χ3n) is 5.90. The third kappa shape index (κ3) is 7.68. The van der Waals surface area contributed by atoms with E-state index in [0.29, 0.717) is 33.8 Å². The Morgan fingerprint density at radius 1 is 1.00 bits per heavy atom. The fraction of sp³-hybridized carbons (Fsp3) is 0.133. The fourth-order valence-corrected chi connectivity index (χ4v) is 4.98. The second-order valence-electron chi connectivity index (χ2n) is 9.19. The Morgan fingerprint density at radius 3 is 2.41 bits per heavy atom. The van der Waals surface area contributed by atoms with Crippen molar-refractivity contribution in [1.82, 2.24) is 19.5 Å². The van der Waals surface area contributed by atoms with Gasteiger partial charge in [0, 0.05) is 47.6 Å². The maximum Gasteiger partial charge on any atom is 0.303 e. The molecule has 0 radical (unpaired) electrons. The van der Waals surface area contributed by atoms with E-state index >= 15 is 0 Å². The van der Waals surface area contributed by atoms with Crippen molar-refractivity contribution in [1.29, 1.82) is 0 Å². The first-order valence-corrected chi connectivity index (χ1v) is 14.1. The largest absolute Gasteiger partial charge is 0.481 e. The summed E-state index contributed by atoms with van der Waals surface area (Å²) in [4.78, 5) is 40.6. The first-order chi connectivity index (χ1) is 19.5. The Hall–Kier alpha value is -5.21. The molecule has 208 valence electrons. The average Bonchev–Trinajstić information content (AvgIpc) is 3.29. The van der Waals surface area contributed by atoms with Crippen molar-refractivity contribution in [3.63, 3.8) is 0 Å². The summed E-state index contributed by atoms with van der Waals surface area (Å²) in [6.07, 6.45) is 3.15. The van der Waals surface area contributed by atoms with Crippen LogP contribution in [0.3, 0.4) is 0 Å². The van der Waals surface area contributed by atoms with Crippen LogP contribution in [0.25, 0.3) is 0 Å². The van der Waals surface area contributed by atoms with Crippen LogP contribution >= 0.6 is 0 Å². The maximum absolute atomic E-state index is 13.1. The number of carbonyl (C=O) groups is 3. The van der Waals surface area contributed by atoms with Crippen LogP contribution in [0.5, 0.6) is 0 Å². The van der Waals surface area contributed by atoms with Crippen LogP contribution < -0.4 is 10.0 Å². The number of hydrogen-bond acceptors (Lipinski definition) is 6. The molecule has 41 heavy (non-hydrogen) atoms. The minimum Gasteiger partial charge on any atom is -0.481 e. The number of benzene rings is 2. The molecule has 0 aliphatic heterocycles. The lowest BCUT2D eigenvalue weighted by Gasteiger charge is -2.12. The number of carboxylic acid groups (broad SMARTS) is 1. The summed E-state index contributed by atoms with van der Waals surface area (Å²) in [7, 11) is -1.48. The number of nitrogens with one attached hydrogen (secondary N) is 2. The molecular formula is C30H27N5O5S. The second kappa shape index (κ2) is 12.3. The van der Waals surface area contributed by atoms with Gasteiger partial charge in [0.1, 0.15) is 5.69 Å². The van der Waals surface area contributed by atoms with Gasteiger partial charge in [-0.05, 0) is 67.2 Å². The van der Waals surface area contributed by atoms with Crippen LogP contribution in [0.2, 0.25) is 0 Å². The van der Waals surface area contributed by atoms with Gasteiger partial charge in [0.05, 0.1) is 21.0 Å². The van der Waals surface area contributed by atoms with Gasteiger partial charge in [0.15, 0.2) is 0 Å². The van der Waals surface area contributed by atoms with Gasteiger partial charge in [0.25, 0.3) is 11.8 Å². The van der Waals surface area contributed by atoms with E-state index in [2.05, 4.69) is 37.8 Å². The van der Waals surface area contributed by atoms with Gasteiger partial charge in [-0.3, -0.25) is 28.8 Å². The number of aromatic nitrogens is 3. The molecule has 2 amide bonds. The van der Waals surface area contributed by atoms with Crippen LogP contribution in [0.4, 0.5) is 5.69 Å². The number of rotatable bonds is 8. The number of nitrogens with zero attached hydrogens (tertiary/aromatic N) is 3. The van der Waals surface area contributed by atoms with Gasteiger partial charge < -0.3 is 10.4 Å². The summed E-state index contributed by atoms with van der Waals surface area (Å²) in [6, 6.07) is 16.7. The summed E-state index contributed by atoms with van der Waals surface area (Å²) in [6.45, 7) is 1.81. The molecule has 2 aromatic carbocycles. The minimum absolute atomic E-state index is 0.0180. The predicted octanol–water partition coefficient (Wildman–Crippen LogP) is 3.21. The molecule has 1 unspecified atom stereocenters. The summed E-state index contributed by atoms with van der Waals surface area (Å²) in [5.41, 5.74) is 3.74. The maximum atomic E-state index is 13.1. The van der Waals surface area contributed by atoms with E-state index < -0.39 is 21.6 Å². The van der Waals surface area contributed by atoms with Crippen molar-refractivity contribution < 1.29 is 23.7 Å². The Balaban J connectivity index is 1.43. The molecule has 10 nitrogen and oxygen atoms in total. The van der Waals surface area contributed by atoms with Crippen LogP contribution in [0.15, 0.2) is 78.0 Å². The highest BCUT2D eigenvalue weighted by Gasteiger charge is 2.15. The number of hydrogen-bond donors (Lipinski definition) is 3. The lowest BCUT2D eigenvalue weighted by molar-refractivity contribution is -0.136. The zero-order valence-electron chi connectivity index (χ0n) is 22.4. The topological polar surface area (TPSA) is 143 Å². The molecule has 0 aliphatic rings. The highest BCUT2D eigenvalue weighted by molar-refractivity contribution is 7.99. The molecule has 0 aliphatic carbocycles. The minimum atomic E-state index is -3.18. The second-order valence-corrected chi connectivity index (χ2v) is 11.2. The Labute approximate surface area is 237 Å². The van der Waals surface area contributed by atoms with E-state index in [9.17, 15) is 18.6 Å². The number of carboxylic acids is 1. The van der Waals surface area contributed by atoms with E-state index in [4.69, 9.17) is 5.11 Å². The molecule has 11 heteroatoms. The van der Waals surface area contributed by atoms with Gasteiger partial charge >= 0.3 is 5.97 Å².